The maximum Gasteiger partial charge on any atom is 0.330 e. The van der Waals surface area contributed by atoms with Crippen LogP contribution in [0, 0.1) is 0 Å². The van der Waals surface area contributed by atoms with Crippen LogP contribution < -0.4 is 17.0 Å². The molecule has 0 saturated carbocycles. The zero-order chi connectivity index (χ0) is 15.0. The summed E-state index contributed by atoms with van der Waals surface area (Å²) < 4.78 is 2.06. The maximum atomic E-state index is 12.3. The molecule has 0 fully saturated rings. The van der Waals surface area contributed by atoms with E-state index in [-0.39, 0.29) is 16.8 Å². The fourth-order valence-corrected chi connectivity index (χ4v) is 1.92. The van der Waals surface area contributed by atoms with Crippen molar-refractivity contribution in [2.75, 3.05) is 5.73 Å². The minimum Gasteiger partial charge on any atom is -0.398 e. The van der Waals surface area contributed by atoms with Gasteiger partial charge in [-0.3, -0.25) is 14.2 Å². The van der Waals surface area contributed by atoms with Crippen molar-refractivity contribution in [3.8, 4) is 0 Å². The molecule has 2 rings (SSSR count). The largest absolute Gasteiger partial charge is 0.398 e. The van der Waals surface area contributed by atoms with Gasteiger partial charge in [0.15, 0.2) is 5.78 Å². The smallest absolute Gasteiger partial charge is 0.330 e. The third-order valence-electron chi connectivity index (χ3n) is 2.95. The summed E-state index contributed by atoms with van der Waals surface area (Å²) in [5.41, 5.74) is 4.88. The number of benzene rings is 1. The van der Waals surface area contributed by atoms with Gasteiger partial charge in [0, 0.05) is 25.9 Å². The number of aromatic nitrogens is 2. The zero-order valence-electron chi connectivity index (χ0n) is 10.9. The number of nitrogens with zero attached hydrogens (tertiary/aromatic N) is 2. The predicted octanol–water partition coefficient (Wildman–Crippen LogP) is 0.551. The Hall–Kier alpha value is -2.34. The average molecular weight is 294 g/mol. The number of ketones is 1. The Labute approximate surface area is 119 Å². The lowest BCUT2D eigenvalue weighted by atomic mass is 10.1. The van der Waals surface area contributed by atoms with Gasteiger partial charge in [-0.2, -0.15) is 0 Å². The van der Waals surface area contributed by atoms with E-state index < -0.39 is 17.0 Å². The van der Waals surface area contributed by atoms with E-state index in [1.54, 1.807) is 0 Å². The van der Waals surface area contributed by atoms with Crippen molar-refractivity contribution >= 4 is 23.1 Å². The van der Waals surface area contributed by atoms with Gasteiger partial charge in [0.25, 0.3) is 5.56 Å². The van der Waals surface area contributed by atoms with Crippen LogP contribution in [0.2, 0.25) is 5.02 Å². The van der Waals surface area contributed by atoms with Gasteiger partial charge in [-0.05, 0) is 18.2 Å². The normalized spacial score (nSPS) is 10.6. The van der Waals surface area contributed by atoms with Crippen LogP contribution in [0.15, 0.2) is 34.0 Å². The minimum atomic E-state index is -0.647. The second-order valence-corrected chi connectivity index (χ2v) is 4.77. The molecule has 7 heteroatoms. The van der Waals surface area contributed by atoms with E-state index in [1.807, 2.05) is 0 Å². The Morgan fingerprint density at radius 1 is 1.25 bits per heavy atom. The second kappa shape index (κ2) is 4.97. The van der Waals surface area contributed by atoms with Crippen LogP contribution in [0.4, 0.5) is 5.69 Å². The van der Waals surface area contributed by atoms with E-state index in [9.17, 15) is 14.4 Å². The Bertz CT molecular complexity index is 821. The van der Waals surface area contributed by atoms with Crippen molar-refractivity contribution in [3.05, 3.63) is 61.4 Å². The molecule has 0 aliphatic carbocycles. The SMILES string of the molecule is Cn1cc(C(=O)c2ccc(Cl)c(N)c2)c(=O)n(C)c1=O. The summed E-state index contributed by atoms with van der Waals surface area (Å²) in [6.45, 7) is 0. The monoisotopic (exact) mass is 293 g/mol. The van der Waals surface area contributed by atoms with Gasteiger partial charge in [-0.1, -0.05) is 11.6 Å². The quantitative estimate of drug-likeness (QED) is 0.647. The van der Waals surface area contributed by atoms with Gasteiger partial charge in [0.1, 0.15) is 5.56 Å². The molecule has 2 N–H and O–H groups in total. The van der Waals surface area contributed by atoms with Gasteiger partial charge >= 0.3 is 5.69 Å². The Morgan fingerprint density at radius 2 is 1.90 bits per heavy atom. The molecule has 0 amide bonds. The molecular weight excluding hydrogens is 282 g/mol. The van der Waals surface area contributed by atoms with E-state index in [0.29, 0.717) is 5.02 Å². The van der Waals surface area contributed by atoms with Crippen LogP contribution >= 0.6 is 11.6 Å². The summed E-state index contributed by atoms with van der Waals surface area (Å²) >= 11 is 5.79. The summed E-state index contributed by atoms with van der Waals surface area (Å²) in [4.78, 5) is 35.9. The molecule has 0 bridgehead atoms. The molecule has 1 aromatic carbocycles. The number of carbonyl (C=O) groups excluding carboxylic acids is 1. The minimum absolute atomic E-state index is 0.101. The Morgan fingerprint density at radius 3 is 2.50 bits per heavy atom. The van der Waals surface area contributed by atoms with Crippen molar-refractivity contribution < 1.29 is 4.79 Å². The molecule has 0 saturated heterocycles. The van der Waals surface area contributed by atoms with E-state index in [0.717, 1.165) is 4.57 Å². The number of nitrogens with two attached hydrogens (primary N) is 1. The standard InChI is InChI=1S/C13H12ClN3O3/c1-16-6-8(12(19)17(2)13(16)20)11(18)7-3-4-9(14)10(15)5-7/h3-6H,15H2,1-2H3. The van der Waals surface area contributed by atoms with Crippen LogP contribution in [0.1, 0.15) is 15.9 Å². The number of aryl methyl sites for hydroxylation is 1. The van der Waals surface area contributed by atoms with Crippen molar-refractivity contribution in [2.45, 2.75) is 0 Å². The van der Waals surface area contributed by atoms with Crippen LogP contribution in [0.25, 0.3) is 0 Å². The summed E-state index contributed by atoms with van der Waals surface area (Å²) in [5, 5.41) is 0.329. The highest BCUT2D eigenvalue weighted by Crippen LogP contribution is 2.20. The highest BCUT2D eigenvalue weighted by Gasteiger charge is 2.17. The first-order chi connectivity index (χ1) is 9.32. The number of halogens is 1. The number of hydrogen-bond donors (Lipinski definition) is 1. The van der Waals surface area contributed by atoms with Gasteiger partial charge in [0.05, 0.1) is 10.7 Å². The second-order valence-electron chi connectivity index (χ2n) is 4.37. The molecule has 0 atom stereocenters. The van der Waals surface area contributed by atoms with Crippen molar-refractivity contribution in [2.24, 2.45) is 14.1 Å². The Balaban J connectivity index is 2.62. The fraction of sp³-hybridized carbons (Fsp3) is 0.154. The van der Waals surface area contributed by atoms with Gasteiger partial charge < -0.3 is 10.3 Å². The molecule has 20 heavy (non-hydrogen) atoms. The Kier molecular flexibility index (Phi) is 3.50. The number of hydrogen-bond acceptors (Lipinski definition) is 4. The number of anilines is 1. The van der Waals surface area contributed by atoms with E-state index in [2.05, 4.69) is 0 Å². The van der Waals surface area contributed by atoms with Gasteiger partial charge in [0.2, 0.25) is 0 Å². The molecule has 2 aromatic rings. The maximum absolute atomic E-state index is 12.3. The summed E-state index contributed by atoms with van der Waals surface area (Å²) in [6, 6.07) is 4.36. The van der Waals surface area contributed by atoms with Gasteiger partial charge in [-0.25, -0.2) is 4.79 Å². The summed E-state index contributed by atoms with van der Waals surface area (Å²) in [7, 11) is 2.78. The van der Waals surface area contributed by atoms with E-state index in [4.69, 9.17) is 17.3 Å². The third-order valence-corrected chi connectivity index (χ3v) is 3.29. The molecule has 1 heterocycles. The van der Waals surface area contributed by atoms with Crippen LogP contribution in [-0.2, 0) is 14.1 Å². The third kappa shape index (κ3) is 2.25. The lowest BCUT2D eigenvalue weighted by Gasteiger charge is -2.07. The van der Waals surface area contributed by atoms with Crippen molar-refractivity contribution in [1.29, 1.82) is 0 Å². The zero-order valence-corrected chi connectivity index (χ0v) is 11.6. The average Bonchev–Trinajstić information content (AvgIpc) is 2.43. The summed E-state index contributed by atoms with van der Waals surface area (Å²) in [6.07, 6.45) is 1.22. The van der Waals surface area contributed by atoms with Crippen molar-refractivity contribution in [3.63, 3.8) is 0 Å². The summed E-state index contributed by atoms with van der Waals surface area (Å²) in [5.74, 6) is -0.510. The van der Waals surface area contributed by atoms with E-state index >= 15 is 0 Å². The van der Waals surface area contributed by atoms with Crippen molar-refractivity contribution in [1.82, 2.24) is 9.13 Å². The van der Waals surface area contributed by atoms with Crippen LogP contribution in [0.3, 0.4) is 0 Å². The predicted molar refractivity (Wildman–Crippen MR) is 76.2 cm³/mol. The molecule has 1 aromatic heterocycles. The number of nitrogen functional groups attached to an aromatic ring is 1. The molecule has 0 radical (unpaired) electrons. The molecular formula is C13H12ClN3O3. The lowest BCUT2D eigenvalue weighted by Crippen LogP contribution is -2.39. The highest BCUT2D eigenvalue weighted by atomic mass is 35.5. The highest BCUT2D eigenvalue weighted by molar-refractivity contribution is 6.33. The molecule has 0 spiro atoms. The fourth-order valence-electron chi connectivity index (χ4n) is 1.80. The first-order valence-corrected chi connectivity index (χ1v) is 6.07. The molecule has 104 valence electrons. The van der Waals surface area contributed by atoms with Gasteiger partial charge in [-0.15, -0.1) is 0 Å². The molecule has 6 nitrogen and oxygen atoms in total. The number of carbonyl (C=O) groups is 1. The lowest BCUT2D eigenvalue weighted by molar-refractivity contribution is 0.103. The van der Waals surface area contributed by atoms with Crippen LogP contribution in [-0.4, -0.2) is 14.9 Å². The molecule has 0 unspecified atom stereocenters. The molecule has 0 aliphatic rings. The molecule has 0 aliphatic heterocycles. The van der Waals surface area contributed by atoms with Crippen LogP contribution in [0.5, 0.6) is 0 Å². The number of rotatable bonds is 2. The van der Waals surface area contributed by atoms with E-state index in [1.165, 1.54) is 43.1 Å². The first-order valence-electron chi connectivity index (χ1n) is 5.69. The topological polar surface area (TPSA) is 87.1 Å². The first kappa shape index (κ1) is 14.1.